The number of anilines is 1. The van der Waals surface area contributed by atoms with Crippen molar-refractivity contribution in [3.05, 3.63) is 17.5 Å². The molecule has 4 N–H and O–H groups in total. The third-order valence-corrected chi connectivity index (χ3v) is 8.74. The van der Waals surface area contributed by atoms with Crippen LogP contribution in [0.2, 0.25) is 0 Å². The second-order valence-electron chi connectivity index (χ2n) is 9.57. The number of pyridine rings is 1. The summed E-state index contributed by atoms with van der Waals surface area (Å²) in [6, 6.07) is 0.255. The van der Waals surface area contributed by atoms with Gasteiger partial charge in [-0.3, -0.25) is 13.9 Å². The van der Waals surface area contributed by atoms with Crippen LogP contribution in [0.25, 0.3) is 11.0 Å². The van der Waals surface area contributed by atoms with Crippen molar-refractivity contribution in [3.8, 4) is 0 Å². The van der Waals surface area contributed by atoms with E-state index in [0.717, 1.165) is 53.1 Å². The summed E-state index contributed by atoms with van der Waals surface area (Å²) in [6.07, 6.45) is 5.38. The van der Waals surface area contributed by atoms with Gasteiger partial charge in [-0.1, -0.05) is 5.16 Å². The average Bonchev–Trinajstić information content (AvgIpc) is 3.31. The first-order valence-corrected chi connectivity index (χ1v) is 13.5. The van der Waals surface area contributed by atoms with E-state index in [1.165, 1.54) is 6.92 Å². The number of amides is 1. The Morgan fingerprint density at radius 2 is 2.03 bits per heavy atom. The Bertz CT molecular complexity index is 1110. The van der Waals surface area contributed by atoms with Crippen LogP contribution in [0.1, 0.15) is 57.2 Å². The van der Waals surface area contributed by atoms with E-state index in [9.17, 15) is 13.9 Å². The molecule has 1 amide bonds. The predicted molar refractivity (Wildman–Crippen MR) is 129 cm³/mol. The zero-order chi connectivity index (χ0) is 23.4. The Balaban J connectivity index is 1.45. The van der Waals surface area contributed by atoms with Crippen LogP contribution in [0, 0.1) is 6.92 Å². The van der Waals surface area contributed by atoms with Crippen LogP contribution in [-0.4, -0.2) is 64.7 Å². The van der Waals surface area contributed by atoms with Crippen molar-refractivity contribution in [2.24, 2.45) is 5.16 Å². The van der Waals surface area contributed by atoms with Gasteiger partial charge in [0.2, 0.25) is 5.91 Å². The Labute approximate surface area is 194 Å². The van der Waals surface area contributed by atoms with Crippen molar-refractivity contribution < 1.29 is 18.7 Å². The van der Waals surface area contributed by atoms with Gasteiger partial charge >= 0.3 is 0 Å². The van der Waals surface area contributed by atoms with Crippen LogP contribution in [0.3, 0.4) is 0 Å². The smallest absolute Gasteiger partial charge is 0.217 e. The Kier molecular flexibility index (Phi) is 5.53. The molecule has 3 aliphatic rings. The highest BCUT2D eigenvalue weighted by Crippen LogP contribution is 2.46. The number of nitrogens with one attached hydrogen (secondary N) is 2. The van der Waals surface area contributed by atoms with Crippen molar-refractivity contribution in [3.63, 3.8) is 0 Å². The molecule has 180 valence electrons. The van der Waals surface area contributed by atoms with E-state index in [4.69, 9.17) is 9.82 Å². The molecule has 4 heterocycles. The number of carbonyl (C=O) groups is 1. The molecule has 2 fully saturated rings. The van der Waals surface area contributed by atoms with Crippen molar-refractivity contribution in [2.45, 2.75) is 77.1 Å². The van der Waals surface area contributed by atoms with E-state index in [-0.39, 0.29) is 23.6 Å². The number of carbonyl (C=O) groups excluding carboxylic acids is 1. The van der Waals surface area contributed by atoms with E-state index in [2.05, 4.69) is 20.9 Å². The topological polar surface area (TPSA) is 134 Å². The van der Waals surface area contributed by atoms with Crippen LogP contribution in [0.15, 0.2) is 11.4 Å². The molecule has 33 heavy (non-hydrogen) atoms. The molecule has 2 aliphatic heterocycles. The lowest BCUT2D eigenvalue weighted by molar-refractivity contribution is -0.126. The first-order chi connectivity index (χ1) is 15.7. The third kappa shape index (κ3) is 4.17. The molecule has 0 radical (unpaired) electrons. The zero-order valence-corrected chi connectivity index (χ0v) is 20.1. The molecular formula is C22H32N6O4S. The minimum absolute atomic E-state index is 0.0253. The monoisotopic (exact) mass is 476 g/mol. The highest BCUT2D eigenvalue weighted by Gasteiger charge is 2.51. The molecule has 0 unspecified atom stereocenters. The molecule has 10 nitrogen and oxygen atoms in total. The summed E-state index contributed by atoms with van der Waals surface area (Å²) in [5.41, 5.74) is 4.05. The lowest BCUT2D eigenvalue weighted by Gasteiger charge is -2.42. The largest absolute Gasteiger partial charge is 0.388 e. The summed E-state index contributed by atoms with van der Waals surface area (Å²) in [5.74, 6) is 0.806. The van der Waals surface area contributed by atoms with E-state index >= 15 is 0 Å². The van der Waals surface area contributed by atoms with Gasteiger partial charge < -0.3 is 15.5 Å². The van der Waals surface area contributed by atoms with Gasteiger partial charge in [0, 0.05) is 68.1 Å². The van der Waals surface area contributed by atoms with Gasteiger partial charge in [-0.15, -0.1) is 0 Å². The Morgan fingerprint density at radius 3 is 2.70 bits per heavy atom. The van der Waals surface area contributed by atoms with Crippen LogP contribution < -0.4 is 10.6 Å². The maximum atomic E-state index is 11.4. The standard InChI is InChI=1S/C22H32N6O4S/c1-4-28-21-19(13(2)26-28)20(25-15-5-7-33(30,31)8-6-15)17(12-23-21)18-11-22(32-27-18)9-16(10-22)24-14(3)29/h12,15-16,30-31H,4-11H2,1-3H3,(H,23,25)(H,24,29). The van der Waals surface area contributed by atoms with E-state index < -0.39 is 10.6 Å². The summed E-state index contributed by atoms with van der Waals surface area (Å²) in [7, 11) is -2.45. The number of aryl methyl sites for hydroxylation is 2. The van der Waals surface area contributed by atoms with Crippen LogP contribution in [0.5, 0.6) is 0 Å². The summed E-state index contributed by atoms with van der Waals surface area (Å²) in [5, 5.41) is 16.7. The molecule has 1 saturated carbocycles. The minimum atomic E-state index is -2.45. The first kappa shape index (κ1) is 22.4. The molecule has 0 bridgehead atoms. The molecule has 1 saturated heterocycles. The Morgan fingerprint density at radius 1 is 1.30 bits per heavy atom. The maximum Gasteiger partial charge on any atom is 0.217 e. The van der Waals surface area contributed by atoms with Gasteiger partial charge in [0.05, 0.1) is 22.5 Å². The maximum absolute atomic E-state index is 11.4. The predicted octanol–water partition coefficient (Wildman–Crippen LogP) is 3.25. The number of fused-ring (bicyclic) bond motifs is 1. The SMILES string of the molecule is CCn1nc(C)c2c(NC3CCS(O)(O)CC3)c(C3=NOC4(C3)CC(NC(C)=O)C4)cnc21. The van der Waals surface area contributed by atoms with Crippen molar-refractivity contribution >= 4 is 38.9 Å². The van der Waals surface area contributed by atoms with Crippen LogP contribution in [0.4, 0.5) is 5.69 Å². The van der Waals surface area contributed by atoms with Gasteiger partial charge in [0.25, 0.3) is 0 Å². The molecule has 2 aromatic heterocycles. The van der Waals surface area contributed by atoms with Gasteiger partial charge in [-0.05, 0) is 26.7 Å². The van der Waals surface area contributed by atoms with Crippen LogP contribution in [-0.2, 0) is 16.2 Å². The fourth-order valence-electron chi connectivity index (χ4n) is 5.28. The average molecular weight is 477 g/mol. The second kappa shape index (κ2) is 8.14. The summed E-state index contributed by atoms with van der Waals surface area (Å²) in [6.45, 7) is 6.28. The number of aromatic nitrogens is 3. The molecule has 2 aromatic rings. The zero-order valence-electron chi connectivity index (χ0n) is 19.3. The summed E-state index contributed by atoms with van der Waals surface area (Å²) >= 11 is 0. The summed E-state index contributed by atoms with van der Waals surface area (Å²) in [4.78, 5) is 22.0. The van der Waals surface area contributed by atoms with Crippen LogP contribution >= 0.6 is 10.6 Å². The minimum Gasteiger partial charge on any atom is -0.388 e. The fraction of sp³-hybridized carbons (Fsp3) is 0.636. The molecule has 11 heteroatoms. The molecule has 0 atom stereocenters. The highest BCUT2D eigenvalue weighted by atomic mass is 32.3. The molecular weight excluding hydrogens is 444 g/mol. The number of hydrogen-bond acceptors (Lipinski definition) is 8. The third-order valence-electron chi connectivity index (χ3n) is 6.96. The van der Waals surface area contributed by atoms with Gasteiger partial charge in [-0.25, -0.2) is 9.67 Å². The summed E-state index contributed by atoms with van der Waals surface area (Å²) < 4.78 is 22.0. The number of oxime groups is 1. The van der Waals surface area contributed by atoms with Crippen molar-refractivity contribution in [1.82, 2.24) is 20.1 Å². The fourth-order valence-corrected chi connectivity index (χ4v) is 6.81. The lowest BCUT2D eigenvalue weighted by Crippen LogP contribution is -2.54. The number of nitrogens with zero attached hydrogens (tertiary/aromatic N) is 4. The Hall–Kier alpha value is -2.37. The van der Waals surface area contributed by atoms with E-state index in [1.807, 2.05) is 24.7 Å². The molecule has 1 aliphatic carbocycles. The van der Waals surface area contributed by atoms with Crippen molar-refractivity contribution in [1.29, 1.82) is 0 Å². The lowest BCUT2D eigenvalue weighted by atomic mass is 9.72. The quantitative estimate of drug-likeness (QED) is 0.520. The highest BCUT2D eigenvalue weighted by molar-refractivity contribution is 8.24. The number of rotatable bonds is 5. The normalized spacial score (nSPS) is 23.1. The van der Waals surface area contributed by atoms with E-state index in [0.29, 0.717) is 30.8 Å². The van der Waals surface area contributed by atoms with Crippen molar-refractivity contribution in [2.75, 3.05) is 16.8 Å². The molecule has 0 aromatic carbocycles. The first-order valence-electron chi connectivity index (χ1n) is 11.6. The molecule has 1 spiro atoms. The van der Waals surface area contributed by atoms with Gasteiger partial charge in [0.15, 0.2) is 5.65 Å². The second-order valence-corrected chi connectivity index (χ2v) is 12.0. The molecule has 5 rings (SSSR count). The van der Waals surface area contributed by atoms with Gasteiger partial charge in [-0.2, -0.15) is 15.7 Å². The van der Waals surface area contributed by atoms with E-state index in [1.54, 1.807) is 0 Å². The van der Waals surface area contributed by atoms with Gasteiger partial charge in [0.1, 0.15) is 5.60 Å². The number of hydrogen-bond donors (Lipinski definition) is 4.